The predicted molar refractivity (Wildman–Crippen MR) is 61.3 cm³/mol. The average molecular weight is 352 g/mol. The van der Waals surface area contributed by atoms with Crippen molar-refractivity contribution < 1.29 is 31.1 Å². The van der Waals surface area contributed by atoms with Crippen molar-refractivity contribution in [3.05, 3.63) is 13.3 Å². The Morgan fingerprint density at radius 3 is 2.88 bits per heavy atom. The molecule has 3 N–H and O–H groups in total. The molecule has 90 valence electrons. The fourth-order valence-electron chi connectivity index (χ4n) is 2.33. The summed E-state index contributed by atoms with van der Waals surface area (Å²) in [6.45, 7) is 1.81. The van der Waals surface area contributed by atoms with Crippen LogP contribution in [0.25, 0.3) is 0 Å². The molecule has 0 bridgehead atoms. The zero-order valence-corrected chi connectivity index (χ0v) is 12.3. The molecule has 0 saturated heterocycles. The van der Waals surface area contributed by atoms with Gasteiger partial charge in [0.2, 0.25) is 0 Å². The van der Waals surface area contributed by atoms with Gasteiger partial charge in [-0.25, -0.2) is 0 Å². The SMILES string of the molecule is C[I-]c1sc2c(c1N)[C@@](C)(C(=O)O)CCC2. The van der Waals surface area contributed by atoms with Crippen molar-refractivity contribution in [1.29, 1.82) is 0 Å². The first-order chi connectivity index (χ1) is 7.50. The van der Waals surface area contributed by atoms with Crippen LogP contribution in [-0.2, 0) is 16.6 Å². The van der Waals surface area contributed by atoms with E-state index in [4.69, 9.17) is 5.73 Å². The summed E-state index contributed by atoms with van der Waals surface area (Å²) in [6, 6.07) is 0. The molecule has 0 aromatic carbocycles. The first-order valence-electron chi connectivity index (χ1n) is 5.15. The number of anilines is 1. The number of halogens is 1. The summed E-state index contributed by atoms with van der Waals surface area (Å²) >= 11 is 1.69. The van der Waals surface area contributed by atoms with Crippen LogP contribution in [0.15, 0.2) is 0 Å². The van der Waals surface area contributed by atoms with Crippen LogP contribution in [0.5, 0.6) is 0 Å². The van der Waals surface area contributed by atoms with Crippen molar-refractivity contribution in [3.63, 3.8) is 0 Å². The van der Waals surface area contributed by atoms with E-state index in [1.165, 1.54) is 7.76 Å². The molecule has 0 unspecified atom stereocenters. The van der Waals surface area contributed by atoms with Gasteiger partial charge in [0.15, 0.2) is 0 Å². The van der Waals surface area contributed by atoms with Gasteiger partial charge < -0.3 is 0 Å². The molecule has 0 fully saturated rings. The second-order valence-corrected chi connectivity index (χ2v) is 8.26. The first-order valence-corrected chi connectivity index (χ1v) is 9.20. The maximum absolute atomic E-state index is 11.4. The van der Waals surface area contributed by atoms with Gasteiger partial charge in [-0.15, -0.1) is 0 Å². The van der Waals surface area contributed by atoms with Gasteiger partial charge in [-0.05, 0) is 0 Å². The van der Waals surface area contributed by atoms with Crippen molar-refractivity contribution in [2.45, 2.75) is 31.6 Å². The molecule has 0 saturated carbocycles. The molecule has 0 amide bonds. The van der Waals surface area contributed by atoms with Gasteiger partial charge in [-0.2, -0.15) is 0 Å². The second-order valence-electron chi connectivity index (χ2n) is 4.27. The fourth-order valence-corrected chi connectivity index (χ4v) is 5.82. The molecule has 0 radical (unpaired) electrons. The normalized spacial score (nSPS) is 24.4. The number of hydrogen-bond acceptors (Lipinski definition) is 3. The molecule has 3 nitrogen and oxygen atoms in total. The molecule has 1 aromatic heterocycles. The Labute approximate surface area is 109 Å². The van der Waals surface area contributed by atoms with Gasteiger partial charge >= 0.3 is 110 Å². The van der Waals surface area contributed by atoms with Gasteiger partial charge in [-0.1, -0.05) is 0 Å². The molecule has 1 aromatic rings. The number of carbonyl (C=O) groups is 1. The monoisotopic (exact) mass is 352 g/mol. The summed E-state index contributed by atoms with van der Waals surface area (Å²) in [4.78, 5) is 14.8. The van der Waals surface area contributed by atoms with E-state index >= 15 is 0 Å². The van der Waals surface area contributed by atoms with E-state index < -0.39 is 11.4 Å². The maximum atomic E-state index is 11.4. The van der Waals surface area contributed by atoms with Gasteiger partial charge in [0.1, 0.15) is 0 Å². The summed E-state index contributed by atoms with van der Waals surface area (Å²) in [6.07, 6.45) is 2.66. The third-order valence-electron chi connectivity index (χ3n) is 3.25. The number of thiophene rings is 1. The Bertz CT molecular complexity index is 443. The number of carboxylic acids is 1. The number of aliphatic carboxylic acids is 1. The van der Waals surface area contributed by atoms with Crippen LogP contribution in [-0.4, -0.2) is 16.0 Å². The quantitative estimate of drug-likeness (QED) is 0.525. The van der Waals surface area contributed by atoms with Crippen molar-refractivity contribution >= 4 is 23.0 Å². The molecule has 0 aliphatic heterocycles. The molecule has 2 rings (SSSR count). The molecule has 1 heterocycles. The Morgan fingerprint density at radius 1 is 1.62 bits per heavy atom. The zero-order chi connectivity index (χ0) is 11.9. The van der Waals surface area contributed by atoms with Crippen LogP contribution in [0.3, 0.4) is 0 Å². The molecule has 1 aliphatic rings. The third-order valence-corrected chi connectivity index (χ3v) is 7.56. The Hall–Kier alpha value is -0.300. The summed E-state index contributed by atoms with van der Waals surface area (Å²) in [7, 11) is 0. The number of nitrogen functional groups attached to an aromatic ring is 1. The van der Waals surface area contributed by atoms with Crippen LogP contribution in [0.1, 0.15) is 30.2 Å². The zero-order valence-electron chi connectivity index (χ0n) is 9.34. The molecule has 1 aliphatic carbocycles. The standard InChI is InChI=1S/C11H15INO2S/c1-11(10(14)15)5-3-4-6-7(11)8(13)9(12-2)16-6/h3-5,13H2,1-2H3,(H,14,15)/q-1/t11-/m0/s1. The molecule has 16 heavy (non-hydrogen) atoms. The van der Waals surface area contributed by atoms with Crippen LogP contribution < -0.4 is 26.9 Å². The third kappa shape index (κ3) is 1.64. The number of hydrogen-bond donors (Lipinski definition) is 2. The summed E-state index contributed by atoms with van der Waals surface area (Å²) in [5.74, 6) is -0.737. The number of carboxylic acid groups (broad SMARTS) is 1. The molecule has 0 spiro atoms. The van der Waals surface area contributed by atoms with Gasteiger partial charge in [-0.3, -0.25) is 0 Å². The van der Waals surface area contributed by atoms with E-state index in [1.807, 2.05) is 6.92 Å². The van der Waals surface area contributed by atoms with E-state index in [-0.39, 0.29) is 21.2 Å². The fraction of sp³-hybridized carbons (Fsp3) is 0.545. The second kappa shape index (κ2) is 4.18. The number of rotatable bonds is 2. The van der Waals surface area contributed by atoms with Crippen molar-refractivity contribution in [2.75, 3.05) is 10.7 Å². The molecular weight excluding hydrogens is 337 g/mol. The van der Waals surface area contributed by atoms with Crippen molar-refractivity contribution in [3.8, 4) is 0 Å². The predicted octanol–water partition coefficient (Wildman–Crippen LogP) is -1.10. The number of fused-ring (bicyclic) bond motifs is 1. The van der Waals surface area contributed by atoms with Gasteiger partial charge in [0, 0.05) is 0 Å². The first kappa shape index (κ1) is 12.2. The van der Waals surface area contributed by atoms with Crippen LogP contribution in [0, 0.1) is 2.88 Å². The van der Waals surface area contributed by atoms with Crippen molar-refractivity contribution in [2.24, 2.45) is 0 Å². The number of aryl methyl sites for hydroxylation is 1. The number of alkyl halides is 1. The van der Waals surface area contributed by atoms with E-state index in [9.17, 15) is 9.90 Å². The summed E-state index contributed by atoms with van der Waals surface area (Å²) in [5, 5.41) is 9.41. The summed E-state index contributed by atoms with van der Waals surface area (Å²) < 4.78 is 1.25. The van der Waals surface area contributed by atoms with Crippen LogP contribution >= 0.6 is 11.3 Å². The van der Waals surface area contributed by atoms with E-state index in [0.29, 0.717) is 6.42 Å². The summed E-state index contributed by atoms with van der Waals surface area (Å²) in [5.41, 5.74) is 7.07. The van der Waals surface area contributed by atoms with Crippen LogP contribution in [0.2, 0.25) is 0 Å². The van der Waals surface area contributed by atoms with E-state index in [1.54, 1.807) is 11.3 Å². The molecule has 1 atom stereocenters. The van der Waals surface area contributed by atoms with E-state index in [0.717, 1.165) is 24.1 Å². The molecule has 5 heteroatoms. The Morgan fingerprint density at radius 2 is 2.31 bits per heavy atom. The molecular formula is C11H15INO2S-. The Balaban J connectivity index is 2.61. The topological polar surface area (TPSA) is 63.3 Å². The average Bonchev–Trinajstić information content (AvgIpc) is 2.57. The minimum absolute atomic E-state index is 0.0542. The van der Waals surface area contributed by atoms with Gasteiger partial charge in [0.05, 0.1) is 0 Å². The Kier molecular flexibility index (Phi) is 3.18. The van der Waals surface area contributed by atoms with Gasteiger partial charge in [0.25, 0.3) is 0 Å². The van der Waals surface area contributed by atoms with E-state index in [2.05, 4.69) is 4.93 Å². The number of nitrogens with two attached hydrogens (primary N) is 1. The van der Waals surface area contributed by atoms with Crippen molar-refractivity contribution in [1.82, 2.24) is 0 Å². The van der Waals surface area contributed by atoms with Crippen LogP contribution in [0.4, 0.5) is 5.69 Å². The minimum atomic E-state index is -0.759.